The van der Waals surface area contributed by atoms with Crippen LogP contribution in [0.3, 0.4) is 0 Å². The predicted molar refractivity (Wildman–Crippen MR) is 144 cm³/mol. The molecule has 2 atom stereocenters. The van der Waals surface area contributed by atoms with Gasteiger partial charge in [-0.1, -0.05) is 43.5 Å². The number of aliphatic carboxylic acids is 1. The van der Waals surface area contributed by atoms with Gasteiger partial charge in [0.2, 0.25) is 0 Å². The molecule has 2 heterocycles. The highest BCUT2D eigenvalue weighted by Crippen LogP contribution is 2.31. The van der Waals surface area contributed by atoms with Gasteiger partial charge >= 0.3 is 5.97 Å². The van der Waals surface area contributed by atoms with E-state index in [9.17, 15) is 20.0 Å². The molecule has 3 aromatic rings. The van der Waals surface area contributed by atoms with Crippen LogP contribution >= 0.6 is 11.6 Å². The second-order valence-corrected chi connectivity index (χ2v) is 10.2. The molecule has 3 rings (SSSR count). The number of Topliss-reactive ketones (excluding diaryl/α,β-unsaturated/α-hetero) is 1. The lowest BCUT2D eigenvalue weighted by molar-refractivity contribution is -0.137. The average Bonchev–Trinajstić information content (AvgIpc) is 3.13. The van der Waals surface area contributed by atoms with Gasteiger partial charge < -0.3 is 14.8 Å². The first kappa shape index (κ1) is 28.4. The van der Waals surface area contributed by atoms with Crippen LogP contribution in [0.2, 0.25) is 5.02 Å². The number of hydrogen-bond acceptors (Lipinski definition) is 5. The summed E-state index contributed by atoms with van der Waals surface area (Å²) < 4.78 is 1.95. The van der Waals surface area contributed by atoms with Crippen molar-refractivity contribution in [1.29, 1.82) is 5.26 Å². The summed E-state index contributed by atoms with van der Waals surface area (Å²) in [5.41, 5.74) is 3.88. The molecule has 2 aromatic heterocycles. The number of carbonyl (C=O) groups is 2. The fraction of sp³-hybridized carbons (Fsp3) is 0.448. The molecule has 0 saturated carbocycles. The van der Waals surface area contributed by atoms with E-state index in [4.69, 9.17) is 16.7 Å². The highest BCUT2D eigenvalue weighted by atomic mass is 35.5. The van der Waals surface area contributed by atoms with E-state index < -0.39 is 5.97 Å². The molecule has 0 radical (unpaired) electrons. The number of aryl methyl sites for hydroxylation is 1. The van der Waals surface area contributed by atoms with Crippen molar-refractivity contribution in [3.63, 3.8) is 0 Å². The van der Waals surface area contributed by atoms with Crippen molar-refractivity contribution in [3.8, 4) is 6.07 Å². The van der Waals surface area contributed by atoms with Crippen LogP contribution in [0.25, 0.3) is 11.0 Å². The number of halogens is 1. The normalized spacial score (nSPS) is 12.8. The van der Waals surface area contributed by atoms with Crippen LogP contribution in [-0.2, 0) is 18.3 Å². The van der Waals surface area contributed by atoms with Gasteiger partial charge in [0.25, 0.3) is 0 Å². The molecule has 0 fully saturated rings. The second kappa shape index (κ2) is 13.4. The summed E-state index contributed by atoms with van der Waals surface area (Å²) in [5, 5.41) is 29.0. The van der Waals surface area contributed by atoms with E-state index in [2.05, 4.69) is 11.1 Å². The van der Waals surface area contributed by atoms with E-state index in [1.165, 1.54) is 0 Å². The molecule has 1 aromatic carbocycles. The minimum Gasteiger partial charge on any atom is -0.481 e. The third kappa shape index (κ3) is 7.41. The Morgan fingerprint density at radius 3 is 2.65 bits per heavy atom. The van der Waals surface area contributed by atoms with Crippen molar-refractivity contribution in [3.05, 3.63) is 63.9 Å². The van der Waals surface area contributed by atoms with Crippen LogP contribution in [0.15, 0.2) is 36.5 Å². The van der Waals surface area contributed by atoms with Gasteiger partial charge in [-0.05, 0) is 61.3 Å². The smallest absolute Gasteiger partial charge is 0.303 e. The van der Waals surface area contributed by atoms with Gasteiger partial charge in [-0.3, -0.25) is 9.59 Å². The van der Waals surface area contributed by atoms with Crippen molar-refractivity contribution in [1.82, 2.24) is 9.55 Å². The van der Waals surface area contributed by atoms with Crippen LogP contribution in [0.1, 0.15) is 85.0 Å². The summed E-state index contributed by atoms with van der Waals surface area (Å²) in [5.74, 6) is -1.08. The Balaban J connectivity index is 1.71. The van der Waals surface area contributed by atoms with Crippen molar-refractivity contribution < 1.29 is 19.8 Å². The number of unbranched alkanes of at least 4 members (excludes halogenated alkanes) is 2. The first-order valence-corrected chi connectivity index (χ1v) is 13.1. The van der Waals surface area contributed by atoms with Crippen molar-refractivity contribution in [2.45, 2.75) is 64.2 Å². The minimum atomic E-state index is -0.915. The fourth-order valence-electron chi connectivity index (χ4n) is 5.08. The second-order valence-electron chi connectivity index (χ2n) is 9.78. The van der Waals surface area contributed by atoms with E-state index in [1.807, 2.05) is 29.8 Å². The number of carboxylic acid groups (broad SMARTS) is 1. The number of aliphatic hydroxyl groups is 1. The lowest BCUT2D eigenvalue weighted by Gasteiger charge is -2.16. The minimum absolute atomic E-state index is 0.0584. The molecule has 0 spiro atoms. The Morgan fingerprint density at radius 1 is 1.16 bits per heavy atom. The number of nitrogens with zero attached hydrogens (tertiary/aromatic N) is 3. The van der Waals surface area contributed by atoms with Crippen LogP contribution in [0.5, 0.6) is 0 Å². The lowest BCUT2D eigenvalue weighted by Crippen LogP contribution is -2.12. The Labute approximate surface area is 222 Å². The maximum atomic E-state index is 13.3. The molecule has 0 saturated heterocycles. The van der Waals surface area contributed by atoms with Gasteiger partial charge in [0.1, 0.15) is 5.65 Å². The first-order valence-electron chi connectivity index (χ1n) is 12.7. The Kier molecular flexibility index (Phi) is 10.2. The number of carbonyl (C=O) groups excluding carboxylic acids is 1. The van der Waals surface area contributed by atoms with Crippen molar-refractivity contribution in [2.24, 2.45) is 13.0 Å². The molecule has 0 aliphatic carbocycles. The predicted octanol–water partition coefficient (Wildman–Crippen LogP) is 6.05. The Morgan fingerprint density at radius 2 is 1.95 bits per heavy atom. The molecular weight excluding hydrogens is 490 g/mol. The Hall–Kier alpha value is -3.21. The summed E-state index contributed by atoms with van der Waals surface area (Å²) in [6, 6.07) is 11.5. The lowest BCUT2D eigenvalue weighted by atomic mass is 9.89. The number of nitriles is 1. The number of rotatable bonds is 14. The number of pyridine rings is 1. The van der Waals surface area contributed by atoms with E-state index in [-0.39, 0.29) is 37.1 Å². The zero-order chi connectivity index (χ0) is 26.9. The van der Waals surface area contributed by atoms with E-state index in [1.54, 1.807) is 25.3 Å². The van der Waals surface area contributed by atoms with Gasteiger partial charge in [-0.2, -0.15) is 5.26 Å². The number of aliphatic hydroxyl groups excluding tert-OH is 1. The largest absolute Gasteiger partial charge is 0.481 e. The fourth-order valence-corrected chi connectivity index (χ4v) is 5.24. The third-order valence-electron chi connectivity index (χ3n) is 6.88. The maximum absolute atomic E-state index is 13.3. The highest BCUT2D eigenvalue weighted by Gasteiger charge is 2.24. The summed E-state index contributed by atoms with van der Waals surface area (Å²) >= 11 is 6.21. The molecule has 0 aliphatic rings. The zero-order valence-corrected chi connectivity index (χ0v) is 22.2. The molecule has 0 aliphatic heterocycles. The van der Waals surface area contributed by atoms with Gasteiger partial charge in [0, 0.05) is 49.3 Å². The van der Waals surface area contributed by atoms with E-state index in [0.29, 0.717) is 40.0 Å². The number of ketones is 1. The molecule has 196 valence electrons. The van der Waals surface area contributed by atoms with Crippen molar-refractivity contribution in [2.75, 3.05) is 6.61 Å². The maximum Gasteiger partial charge on any atom is 0.303 e. The summed E-state index contributed by atoms with van der Waals surface area (Å²) in [6.07, 6.45) is 6.66. The molecule has 37 heavy (non-hydrogen) atoms. The van der Waals surface area contributed by atoms with E-state index in [0.717, 1.165) is 36.9 Å². The number of carboxylic acids is 1. The third-order valence-corrected chi connectivity index (χ3v) is 7.09. The summed E-state index contributed by atoms with van der Waals surface area (Å²) in [7, 11) is 1.90. The molecular formula is C29H34ClN3O4. The van der Waals surface area contributed by atoms with Gasteiger partial charge in [-0.15, -0.1) is 0 Å². The molecule has 7 nitrogen and oxygen atoms in total. The molecule has 0 amide bonds. The quantitative estimate of drug-likeness (QED) is 0.196. The average molecular weight is 524 g/mol. The molecule has 0 bridgehead atoms. The van der Waals surface area contributed by atoms with Crippen LogP contribution in [-0.4, -0.2) is 38.1 Å². The Bertz CT molecular complexity index is 1290. The number of fused-ring (bicyclic) bond motifs is 1. The number of hydrogen-bond donors (Lipinski definition) is 2. The van der Waals surface area contributed by atoms with Gasteiger partial charge in [0.15, 0.2) is 5.78 Å². The zero-order valence-electron chi connectivity index (χ0n) is 21.4. The van der Waals surface area contributed by atoms with Gasteiger partial charge in [0.05, 0.1) is 16.7 Å². The number of aromatic nitrogens is 2. The summed E-state index contributed by atoms with van der Waals surface area (Å²) in [6.45, 7) is 1.87. The van der Waals surface area contributed by atoms with Crippen LogP contribution in [0.4, 0.5) is 0 Å². The molecule has 2 N–H and O–H groups in total. The standard InChI is InChI=1S/C29H34ClN3O4/c1-19(14-27(36)37)13-26(35)28-24-16-23(30)18-32-29(24)33(2)25(28)10-5-3-4-8-21(11-12-34)22-9-6-7-20(15-22)17-31/h6-7,9,15-16,18-19,21,34H,3-5,8,10-14H2,1-2H3,(H,36,37). The topological polar surface area (TPSA) is 116 Å². The van der Waals surface area contributed by atoms with Crippen LogP contribution in [0, 0.1) is 17.2 Å². The van der Waals surface area contributed by atoms with Gasteiger partial charge in [-0.25, -0.2) is 4.98 Å². The number of benzene rings is 1. The highest BCUT2D eigenvalue weighted by molar-refractivity contribution is 6.31. The molecule has 8 heteroatoms. The summed E-state index contributed by atoms with van der Waals surface area (Å²) in [4.78, 5) is 28.9. The monoisotopic (exact) mass is 523 g/mol. The van der Waals surface area contributed by atoms with Crippen LogP contribution < -0.4 is 0 Å². The molecule has 2 unspecified atom stereocenters. The van der Waals surface area contributed by atoms with E-state index >= 15 is 0 Å². The van der Waals surface area contributed by atoms with Crippen molar-refractivity contribution >= 4 is 34.4 Å². The first-order chi connectivity index (χ1) is 17.7. The SMILES string of the molecule is CC(CC(=O)O)CC(=O)c1c(CCCCCC(CCO)c2cccc(C#N)c2)n(C)c2ncc(Cl)cc12.